The molecule has 1 heterocycles. The first-order valence-electron chi connectivity index (χ1n) is 16.9. The Hall–Kier alpha value is -6.10. The molecular weight excluding hydrogens is 599 g/mol. The van der Waals surface area contributed by atoms with Crippen LogP contribution in [0.15, 0.2) is 163 Å². The third kappa shape index (κ3) is 7.10. The molecule has 0 N–H and O–H groups in total. The Morgan fingerprint density at radius 2 is 1.14 bits per heavy atom. The van der Waals surface area contributed by atoms with Crippen molar-refractivity contribution >= 4 is 23.1 Å². The summed E-state index contributed by atoms with van der Waals surface area (Å²) < 4.78 is 6.59. The van der Waals surface area contributed by atoms with Gasteiger partial charge in [0.25, 0.3) is 5.70 Å². The number of hydrogen-bond acceptors (Lipinski definition) is 3. The Bertz CT molecular complexity index is 1970. The van der Waals surface area contributed by atoms with Crippen LogP contribution in [0.25, 0.3) is 33.2 Å². The number of hydrogen-bond donors (Lipinski definition) is 0. The second-order valence-corrected chi connectivity index (χ2v) is 12.8. The first-order chi connectivity index (χ1) is 24.1. The van der Waals surface area contributed by atoms with E-state index < -0.39 is 0 Å². The summed E-state index contributed by atoms with van der Waals surface area (Å²) in [6, 6.07) is 48.9. The minimum absolute atomic E-state index is 0.164. The maximum atomic E-state index is 9.61. The third-order valence-corrected chi connectivity index (χ3v) is 9.51. The van der Waals surface area contributed by atoms with Gasteiger partial charge in [0, 0.05) is 23.5 Å². The number of allylic oxidation sites excluding steroid dienone is 3. The lowest BCUT2D eigenvalue weighted by Crippen LogP contribution is -2.37. The normalized spacial score (nSPS) is 16.2. The van der Waals surface area contributed by atoms with E-state index in [4.69, 9.17) is 11.3 Å². The molecule has 1 aliphatic carbocycles. The SMILES string of the molecule is [C-]#[N+]/C(C#N)=C1C=C(/C=C/c2ccc(N(c3ccc(-c4ccccc4)cc3)c3ccc(-c4ccccc4)cc3)cc2)OC2(CCCCC2)C\1. The quantitative estimate of drug-likeness (QED) is 0.132. The van der Waals surface area contributed by atoms with Crippen molar-refractivity contribution in [3.63, 3.8) is 0 Å². The monoisotopic (exact) mass is 635 g/mol. The molecule has 49 heavy (non-hydrogen) atoms. The zero-order valence-electron chi connectivity index (χ0n) is 27.4. The highest BCUT2D eigenvalue weighted by Gasteiger charge is 2.38. The van der Waals surface area contributed by atoms with Crippen molar-refractivity contribution in [2.24, 2.45) is 0 Å². The molecule has 1 spiro atoms. The van der Waals surface area contributed by atoms with Crippen molar-refractivity contribution in [2.45, 2.75) is 44.1 Å². The molecule has 4 nitrogen and oxygen atoms in total. The lowest BCUT2D eigenvalue weighted by molar-refractivity contribution is -0.0285. The van der Waals surface area contributed by atoms with Crippen molar-refractivity contribution in [3.05, 3.63) is 180 Å². The maximum Gasteiger partial charge on any atom is 0.265 e. The number of anilines is 3. The van der Waals surface area contributed by atoms with Gasteiger partial charge in [-0.25, -0.2) is 10.1 Å². The van der Waals surface area contributed by atoms with Gasteiger partial charge >= 0.3 is 0 Å². The van der Waals surface area contributed by atoms with Gasteiger partial charge in [-0.2, -0.15) is 0 Å². The summed E-state index contributed by atoms with van der Waals surface area (Å²) in [6.07, 6.45) is 11.8. The van der Waals surface area contributed by atoms with E-state index in [1.165, 1.54) is 28.7 Å². The van der Waals surface area contributed by atoms with Crippen molar-refractivity contribution in [1.29, 1.82) is 5.26 Å². The van der Waals surface area contributed by atoms with Crippen LogP contribution in [-0.2, 0) is 4.74 Å². The summed E-state index contributed by atoms with van der Waals surface area (Å²) in [5.74, 6) is 0.710. The van der Waals surface area contributed by atoms with Gasteiger partial charge in [0.15, 0.2) is 0 Å². The van der Waals surface area contributed by atoms with Crippen LogP contribution in [-0.4, -0.2) is 5.60 Å². The van der Waals surface area contributed by atoms with Gasteiger partial charge in [0.05, 0.1) is 12.6 Å². The molecule has 238 valence electrons. The Balaban J connectivity index is 1.19. The fraction of sp³-hybridized carbons (Fsp3) is 0.156. The van der Waals surface area contributed by atoms with Gasteiger partial charge < -0.3 is 9.64 Å². The molecule has 2 aliphatic rings. The van der Waals surface area contributed by atoms with E-state index in [1.807, 2.05) is 30.4 Å². The molecule has 5 aromatic rings. The standard InChI is InChI=1S/C45H37N3O/c1-47-44(33-46)39-31-43(49-45(32-39)29-9-4-10-30-45)28-17-34-15-22-40(23-16-34)48(41-24-18-37(19-25-41)35-11-5-2-6-12-35)42-26-20-38(21-27-42)36-13-7-3-8-14-36/h2-3,5-8,11-28,31H,4,9-10,29-30,32H2/b28-17+,44-39+. The van der Waals surface area contributed by atoms with Crippen molar-refractivity contribution in [1.82, 2.24) is 0 Å². The molecule has 5 aromatic carbocycles. The third-order valence-electron chi connectivity index (χ3n) is 9.51. The largest absolute Gasteiger partial charge is 0.487 e. The van der Waals surface area contributed by atoms with Crippen LogP contribution < -0.4 is 4.90 Å². The zero-order valence-corrected chi connectivity index (χ0v) is 27.4. The van der Waals surface area contributed by atoms with Crippen LogP contribution in [0.2, 0.25) is 0 Å². The molecular formula is C45H37N3O. The average Bonchev–Trinajstić information content (AvgIpc) is 3.17. The lowest BCUT2D eigenvalue weighted by Gasteiger charge is -2.41. The van der Waals surface area contributed by atoms with Gasteiger partial charge in [-0.15, -0.1) is 0 Å². The Morgan fingerprint density at radius 3 is 1.63 bits per heavy atom. The molecule has 4 heteroatoms. The molecule has 7 rings (SSSR count). The summed E-state index contributed by atoms with van der Waals surface area (Å²) in [6.45, 7) is 7.53. The maximum absolute atomic E-state index is 9.61. The average molecular weight is 636 g/mol. The Kier molecular flexibility index (Phi) is 9.22. The van der Waals surface area contributed by atoms with E-state index in [1.54, 1.807) is 0 Å². The molecule has 1 aliphatic heterocycles. The molecule has 0 bridgehead atoms. The van der Waals surface area contributed by atoms with Crippen molar-refractivity contribution in [2.75, 3.05) is 4.90 Å². The van der Waals surface area contributed by atoms with Crippen LogP contribution in [0, 0.1) is 17.9 Å². The second-order valence-electron chi connectivity index (χ2n) is 12.8. The van der Waals surface area contributed by atoms with Gasteiger partial charge in [-0.3, -0.25) is 0 Å². The van der Waals surface area contributed by atoms with Gasteiger partial charge in [-0.05, 0) is 108 Å². The first kappa shape index (κ1) is 31.5. The lowest BCUT2D eigenvalue weighted by atomic mass is 9.78. The first-order valence-corrected chi connectivity index (χ1v) is 16.9. The number of nitrogens with zero attached hydrogens (tertiary/aromatic N) is 3. The van der Waals surface area contributed by atoms with Crippen LogP contribution in [0.3, 0.4) is 0 Å². The number of rotatable bonds is 7. The molecule has 0 amide bonds. The fourth-order valence-electron chi connectivity index (χ4n) is 6.99. The van der Waals surface area contributed by atoms with E-state index in [2.05, 4.69) is 137 Å². The molecule has 1 fully saturated rings. The highest BCUT2D eigenvalue weighted by molar-refractivity contribution is 5.80. The van der Waals surface area contributed by atoms with E-state index >= 15 is 0 Å². The van der Waals surface area contributed by atoms with E-state index in [0.29, 0.717) is 12.2 Å². The minimum Gasteiger partial charge on any atom is -0.487 e. The van der Waals surface area contributed by atoms with E-state index in [9.17, 15) is 5.26 Å². The number of nitriles is 1. The van der Waals surface area contributed by atoms with Gasteiger partial charge in [-0.1, -0.05) is 110 Å². The van der Waals surface area contributed by atoms with Crippen LogP contribution in [0.4, 0.5) is 17.1 Å². The number of benzene rings is 5. The topological polar surface area (TPSA) is 40.6 Å². The zero-order chi connectivity index (χ0) is 33.5. The molecule has 0 aromatic heterocycles. The number of ether oxygens (including phenoxy) is 1. The Labute approximate surface area is 289 Å². The minimum atomic E-state index is -0.328. The van der Waals surface area contributed by atoms with Crippen LogP contribution >= 0.6 is 0 Å². The summed E-state index contributed by atoms with van der Waals surface area (Å²) in [4.78, 5) is 5.80. The molecule has 0 atom stereocenters. The summed E-state index contributed by atoms with van der Waals surface area (Å²) in [5, 5.41) is 9.61. The van der Waals surface area contributed by atoms with Crippen LogP contribution in [0.1, 0.15) is 44.1 Å². The molecule has 0 radical (unpaired) electrons. The predicted octanol–water partition coefficient (Wildman–Crippen LogP) is 12.2. The second kappa shape index (κ2) is 14.3. The van der Waals surface area contributed by atoms with E-state index in [0.717, 1.165) is 53.9 Å². The van der Waals surface area contributed by atoms with Crippen molar-refractivity contribution < 1.29 is 4.74 Å². The smallest absolute Gasteiger partial charge is 0.265 e. The molecule has 0 unspecified atom stereocenters. The molecule has 1 saturated carbocycles. The Morgan fingerprint density at radius 1 is 0.653 bits per heavy atom. The highest BCUT2D eigenvalue weighted by Crippen LogP contribution is 2.43. The highest BCUT2D eigenvalue weighted by atomic mass is 16.5. The fourth-order valence-corrected chi connectivity index (χ4v) is 6.99. The summed E-state index contributed by atoms with van der Waals surface area (Å²) in [5.41, 5.74) is 9.58. The molecule has 0 saturated heterocycles. The van der Waals surface area contributed by atoms with Crippen molar-refractivity contribution in [3.8, 4) is 28.3 Å². The summed E-state index contributed by atoms with van der Waals surface area (Å²) in [7, 11) is 0. The van der Waals surface area contributed by atoms with Gasteiger partial charge in [0.2, 0.25) is 0 Å². The predicted molar refractivity (Wildman–Crippen MR) is 200 cm³/mol. The van der Waals surface area contributed by atoms with E-state index in [-0.39, 0.29) is 11.3 Å². The van der Waals surface area contributed by atoms with Crippen LogP contribution in [0.5, 0.6) is 0 Å². The van der Waals surface area contributed by atoms with Gasteiger partial charge in [0.1, 0.15) is 11.4 Å². The summed E-state index contributed by atoms with van der Waals surface area (Å²) >= 11 is 0.